The zero-order valence-corrected chi connectivity index (χ0v) is 11.5. The summed E-state index contributed by atoms with van der Waals surface area (Å²) in [6.45, 7) is 1.63. The Bertz CT molecular complexity index is 595. The summed E-state index contributed by atoms with van der Waals surface area (Å²) in [5, 5.41) is 9.76. The number of aliphatic hydroxyl groups is 1. The van der Waals surface area contributed by atoms with Crippen molar-refractivity contribution in [2.75, 3.05) is 0 Å². The van der Waals surface area contributed by atoms with Crippen LogP contribution in [0, 0.1) is 11.6 Å². The largest absolute Gasteiger partial charge is 0.487 e. The first-order chi connectivity index (χ1) is 9.45. The number of benzene rings is 2. The first-order valence-electron chi connectivity index (χ1n) is 6.01. The number of hydrogen-bond acceptors (Lipinski definition) is 2. The van der Waals surface area contributed by atoms with Crippen LogP contribution in [0.25, 0.3) is 0 Å². The molecule has 1 atom stereocenters. The van der Waals surface area contributed by atoms with E-state index in [1.165, 1.54) is 12.1 Å². The molecule has 106 valence electrons. The molecule has 0 fully saturated rings. The second-order valence-electron chi connectivity index (χ2n) is 4.43. The fourth-order valence-corrected chi connectivity index (χ4v) is 1.99. The van der Waals surface area contributed by atoms with Gasteiger partial charge in [-0.25, -0.2) is 8.78 Å². The van der Waals surface area contributed by atoms with Crippen LogP contribution in [0.15, 0.2) is 36.4 Å². The standard InChI is InChI=1S/C15H13ClF2O2/c1-9(19)11-2-3-15(14(16)6-11)20-8-10-4-12(17)7-13(18)5-10/h2-7,9,19H,8H2,1H3/t9-/m0/s1. The number of halogens is 3. The lowest BCUT2D eigenvalue weighted by Gasteiger charge is -2.11. The van der Waals surface area contributed by atoms with Crippen LogP contribution >= 0.6 is 11.6 Å². The summed E-state index contributed by atoms with van der Waals surface area (Å²) in [4.78, 5) is 0. The minimum atomic E-state index is -0.654. The zero-order valence-electron chi connectivity index (χ0n) is 10.7. The van der Waals surface area contributed by atoms with Crippen molar-refractivity contribution in [3.8, 4) is 5.75 Å². The summed E-state index contributed by atoms with van der Waals surface area (Å²) in [5.74, 6) is -0.918. The molecule has 2 rings (SSSR count). The molecule has 0 unspecified atom stereocenters. The summed E-state index contributed by atoms with van der Waals surface area (Å²) in [7, 11) is 0. The van der Waals surface area contributed by atoms with Gasteiger partial charge in [0.2, 0.25) is 0 Å². The van der Waals surface area contributed by atoms with Crippen molar-refractivity contribution >= 4 is 11.6 Å². The molecule has 0 saturated carbocycles. The van der Waals surface area contributed by atoms with Gasteiger partial charge in [0.1, 0.15) is 24.0 Å². The molecule has 0 radical (unpaired) electrons. The molecular weight excluding hydrogens is 286 g/mol. The fourth-order valence-electron chi connectivity index (χ4n) is 1.75. The predicted molar refractivity (Wildman–Crippen MR) is 72.8 cm³/mol. The smallest absolute Gasteiger partial charge is 0.138 e. The molecule has 0 aliphatic heterocycles. The van der Waals surface area contributed by atoms with E-state index in [0.29, 0.717) is 21.9 Å². The molecular formula is C15H13ClF2O2. The molecule has 0 heterocycles. The molecule has 2 nitrogen and oxygen atoms in total. The Labute approximate surface area is 120 Å². The quantitative estimate of drug-likeness (QED) is 0.914. The van der Waals surface area contributed by atoms with Crippen LogP contribution in [0.1, 0.15) is 24.2 Å². The summed E-state index contributed by atoms with van der Waals surface area (Å²) in [6, 6.07) is 8.07. The average molecular weight is 299 g/mol. The van der Waals surface area contributed by atoms with Crippen molar-refractivity contribution in [3.63, 3.8) is 0 Å². The fraction of sp³-hybridized carbons (Fsp3) is 0.200. The number of hydrogen-bond donors (Lipinski definition) is 1. The first kappa shape index (κ1) is 14.8. The Morgan fingerprint density at radius 3 is 2.35 bits per heavy atom. The van der Waals surface area contributed by atoms with Crippen LogP contribution in [0.2, 0.25) is 5.02 Å². The number of ether oxygens (including phenoxy) is 1. The van der Waals surface area contributed by atoms with Crippen LogP contribution in [0.3, 0.4) is 0 Å². The van der Waals surface area contributed by atoms with Crippen LogP contribution in [0.4, 0.5) is 8.78 Å². The summed E-state index contributed by atoms with van der Waals surface area (Å²) >= 11 is 6.02. The van der Waals surface area contributed by atoms with Gasteiger partial charge >= 0.3 is 0 Å². The highest BCUT2D eigenvalue weighted by atomic mass is 35.5. The normalized spacial score (nSPS) is 12.2. The molecule has 0 spiro atoms. The average Bonchev–Trinajstić information content (AvgIpc) is 2.36. The monoisotopic (exact) mass is 298 g/mol. The molecule has 2 aromatic rings. The molecule has 0 aromatic heterocycles. The number of aliphatic hydroxyl groups excluding tert-OH is 1. The minimum absolute atomic E-state index is 0.00241. The van der Waals surface area contributed by atoms with Crippen LogP contribution < -0.4 is 4.74 Å². The van der Waals surface area contributed by atoms with E-state index in [0.717, 1.165) is 6.07 Å². The Morgan fingerprint density at radius 1 is 1.15 bits per heavy atom. The predicted octanol–water partition coefficient (Wildman–Crippen LogP) is 4.25. The molecule has 1 N–H and O–H groups in total. The third kappa shape index (κ3) is 3.68. The summed E-state index contributed by atoms with van der Waals surface area (Å²) in [5.41, 5.74) is 1.04. The van der Waals surface area contributed by atoms with Gasteiger partial charge in [0.25, 0.3) is 0 Å². The minimum Gasteiger partial charge on any atom is -0.487 e. The van der Waals surface area contributed by atoms with Crippen molar-refractivity contribution in [2.45, 2.75) is 19.6 Å². The van der Waals surface area contributed by atoms with Gasteiger partial charge in [0.15, 0.2) is 0 Å². The third-order valence-corrected chi connectivity index (χ3v) is 3.05. The summed E-state index contributed by atoms with van der Waals surface area (Å²) in [6.07, 6.45) is -0.626. The third-order valence-electron chi connectivity index (χ3n) is 2.76. The van der Waals surface area contributed by atoms with Gasteiger partial charge in [-0.1, -0.05) is 17.7 Å². The van der Waals surface area contributed by atoms with Gasteiger partial charge in [-0.05, 0) is 42.3 Å². The lowest BCUT2D eigenvalue weighted by Crippen LogP contribution is -1.98. The second kappa shape index (κ2) is 6.20. The first-order valence-corrected chi connectivity index (χ1v) is 6.39. The molecule has 0 aliphatic rings. The molecule has 0 aliphatic carbocycles. The van der Waals surface area contributed by atoms with E-state index in [1.807, 2.05) is 0 Å². The maximum absolute atomic E-state index is 13.0. The second-order valence-corrected chi connectivity index (χ2v) is 4.84. The van der Waals surface area contributed by atoms with E-state index in [-0.39, 0.29) is 6.61 Å². The van der Waals surface area contributed by atoms with E-state index in [1.54, 1.807) is 25.1 Å². The van der Waals surface area contributed by atoms with Gasteiger partial charge in [-0.15, -0.1) is 0 Å². The van der Waals surface area contributed by atoms with Gasteiger partial charge in [-0.3, -0.25) is 0 Å². The van der Waals surface area contributed by atoms with E-state index >= 15 is 0 Å². The number of rotatable bonds is 4. The molecule has 20 heavy (non-hydrogen) atoms. The van der Waals surface area contributed by atoms with Crippen molar-refractivity contribution in [1.29, 1.82) is 0 Å². The van der Waals surface area contributed by atoms with Crippen LogP contribution in [0.5, 0.6) is 5.75 Å². The maximum atomic E-state index is 13.0. The van der Waals surface area contributed by atoms with Gasteiger partial charge in [0.05, 0.1) is 11.1 Å². The van der Waals surface area contributed by atoms with Gasteiger partial charge < -0.3 is 9.84 Å². The zero-order chi connectivity index (χ0) is 14.7. The van der Waals surface area contributed by atoms with Crippen LogP contribution in [-0.2, 0) is 6.61 Å². The highest BCUT2D eigenvalue weighted by Gasteiger charge is 2.08. The Morgan fingerprint density at radius 2 is 1.80 bits per heavy atom. The molecule has 0 amide bonds. The maximum Gasteiger partial charge on any atom is 0.138 e. The highest BCUT2D eigenvalue weighted by molar-refractivity contribution is 6.32. The SMILES string of the molecule is C[C@H](O)c1ccc(OCc2cc(F)cc(F)c2)c(Cl)c1. The Hall–Kier alpha value is -1.65. The summed E-state index contributed by atoms with van der Waals surface area (Å²) < 4.78 is 31.5. The molecule has 0 bridgehead atoms. The molecule has 0 saturated heterocycles. The van der Waals surface area contributed by atoms with E-state index in [4.69, 9.17) is 16.3 Å². The van der Waals surface area contributed by atoms with E-state index in [9.17, 15) is 13.9 Å². The Kier molecular flexibility index (Phi) is 4.57. The van der Waals surface area contributed by atoms with Crippen molar-refractivity contribution in [2.24, 2.45) is 0 Å². The van der Waals surface area contributed by atoms with Crippen molar-refractivity contribution < 1.29 is 18.6 Å². The van der Waals surface area contributed by atoms with Crippen molar-refractivity contribution in [3.05, 3.63) is 64.2 Å². The molecule has 2 aromatic carbocycles. The lowest BCUT2D eigenvalue weighted by molar-refractivity contribution is 0.199. The highest BCUT2D eigenvalue weighted by Crippen LogP contribution is 2.28. The van der Waals surface area contributed by atoms with Gasteiger partial charge in [0, 0.05) is 6.07 Å². The lowest BCUT2D eigenvalue weighted by atomic mass is 10.1. The van der Waals surface area contributed by atoms with Crippen LogP contribution in [-0.4, -0.2) is 5.11 Å². The van der Waals surface area contributed by atoms with E-state index < -0.39 is 17.7 Å². The van der Waals surface area contributed by atoms with Crippen molar-refractivity contribution in [1.82, 2.24) is 0 Å². The Balaban J connectivity index is 2.11. The molecule has 5 heteroatoms. The van der Waals surface area contributed by atoms with E-state index in [2.05, 4.69) is 0 Å². The topological polar surface area (TPSA) is 29.5 Å². The van der Waals surface area contributed by atoms with Gasteiger partial charge in [-0.2, -0.15) is 0 Å².